The van der Waals surface area contributed by atoms with Crippen LogP contribution in [-0.2, 0) is 16.1 Å². The quantitative estimate of drug-likeness (QED) is 0.858. The van der Waals surface area contributed by atoms with Crippen molar-refractivity contribution >= 4 is 0 Å². The van der Waals surface area contributed by atoms with E-state index in [1.165, 1.54) is 0 Å². The van der Waals surface area contributed by atoms with Gasteiger partial charge in [-0.2, -0.15) is 5.26 Å². The molecule has 1 aliphatic heterocycles. The van der Waals surface area contributed by atoms with Gasteiger partial charge in [0.1, 0.15) is 0 Å². The van der Waals surface area contributed by atoms with Gasteiger partial charge in [0.15, 0.2) is 6.29 Å². The Morgan fingerprint density at radius 2 is 2.18 bits per heavy atom. The molecule has 1 N–H and O–H groups in total. The van der Waals surface area contributed by atoms with E-state index in [1.54, 1.807) is 0 Å². The predicted octanol–water partition coefficient (Wildman–Crippen LogP) is 1.45. The van der Waals surface area contributed by atoms with Crippen molar-refractivity contribution in [2.45, 2.75) is 25.4 Å². The zero-order chi connectivity index (χ0) is 12.1. The van der Waals surface area contributed by atoms with Crippen LogP contribution >= 0.6 is 0 Å². The summed E-state index contributed by atoms with van der Waals surface area (Å²) < 4.78 is 10.9. The van der Waals surface area contributed by atoms with E-state index in [4.69, 9.17) is 14.7 Å². The highest BCUT2D eigenvalue weighted by atomic mass is 16.7. The monoisotopic (exact) mass is 233 g/mol. The molecule has 2 rings (SSSR count). The van der Waals surface area contributed by atoms with E-state index in [-0.39, 0.29) is 6.61 Å². The van der Waals surface area contributed by atoms with Crippen molar-refractivity contribution in [1.29, 1.82) is 5.26 Å². The van der Waals surface area contributed by atoms with Gasteiger partial charge in [-0.15, -0.1) is 0 Å². The van der Waals surface area contributed by atoms with E-state index in [0.717, 1.165) is 5.56 Å². The molecule has 0 bridgehead atoms. The van der Waals surface area contributed by atoms with Gasteiger partial charge in [0.05, 0.1) is 31.3 Å². The lowest BCUT2D eigenvalue weighted by Crippen LogP contribution is -2.37. The molecule has 0 spiro atoms. The lowest BCUT2D eigenvalue weighted by atomic mass is 10.00. The van der Waals surface area contributed by atoms with Crippen LogP contribution < -0.4 is 0 Å². The molecule has 4 heteroatoms. The van der Waals surface area contributed by atoms with Gasteiger partial charge in [-0.25, -0.2) is 0 Å². The second kappa shape index (κ2) is 5.78. The summed E-state index contributed by atoms with van der Waals surface area (Å²) in [7, 11) is 0. The molecule has 0 amide bonds. The molecule has 0 aromatic heterocycles. The summed E-state index contributed by atoms with van der Waals surface area (Å²) in [5.74, 6) is -0.438. The van der Waals surface area contributed by atoms with Crippen molar-refractivity contribution in [3.05, 3.63) is 35.9 Å². The van der Waals surface area contributed by atoms with E-state index in [9.17, 15) is 5.11 Å². The first-order valence-electron chi connectivity index (χ1n) is 5.64. The third-order valence-corrected chi connectivity index (χ3v) is 2.80. The Morgan fingerprint density at radius 3 is 2.82 bits per heavy atom. The summed E-state index contributed by atoms with van der Waals surface area (Å²) >= 11 is 0. The fourth-order valence-electron chi connectivity index (χ4n) is 1.75. The average molecular weight is 233 g/mol. The van der Waals surface area contributed by atoms with Crippen LogP contribution in [-0.4, -0.2) is 24.1 Å². The highest BCUT2D eigenvalue weighted by molar-refractivity contribution is 5.13. The highest BCUT2D eigenvalue weighted by Gasteiger charge is 2.30. The highest BCUT2D eigenvalue weighted by Crippen LogP contribution is 2.20. The van der Waals surface area contributed by atoms with Crippen LogP contribution in [0.1, 0.15) is 12.0 Å². The minimum Gasteiger partial charge on any atom is -0.391 e. The first-order chi connectivity index (χ1) is 8.29. The summed E-state index contributed by atoms with van der Waals surface area (Å²) in [5.41, 5.74) is 1.06. The van der Waals surface area contributed by atoms with Gasteiger partial charge >= 0.3 is 0 Å². The maximum absolute atomic E-state index is 9.65. The number of nitrogens with zero attached hydrogens (tertiary/aromatic N) is 1. The largest absolute Gasteiger partial charge is 0.391 e. The molecule has 4 nitrogen and oxygen atoms in total. The predicted molar refractivity (Wildman–Crippen MR) is 60.7 cm³/mol. The Kier molecular flexibility index (Phi) is 4.10. The molecular weight excluding hydrogens is 218 g/mol. The van der Waals surface area contributed by atoms with Gasteiger partial charge in [-0.1, -0.05) is 30.3 Å². The standard InChI is InChI=1S/C13H15NO3/c14-7-11-9-17-13(6-12(11)15)16-8-10-4-2-1-3-5-10/h1-5,11-13,15H,6,8-9H2. The summed E-state index contributed by atoms with van der Waals surface area (Å²) in [6.07, 6.45) is -0.727. The lowest BCUT2D eigenvalue weighted by Gasteiger charge is -2.29. The second-order valence-corrected chi connectivity index (χ2v) is 4.10. The van der Waals surface area contributed by atoms with Gasteiger partial charge in [-0.05, 0) is 5.56 Å². The van der Waals surface area contributed by atoms with Crippen molar-refractivity contribution in [3.63, 3.8) is 0 Å². The number of benzene rings is 1. The van der Waals surface area contributed by atoms with Gasteiger partial charge in [-0.3, -0.25) is 0 Å². The molecule has 17 heavy (non-hydrogen) atoms. The first-order valence-corrected chi connectivity index (χ1v) is 5.64. The van der Waals surface area contributed by atoms with Crippen molar-refractivity contribution in [1.82, 2.24) is 0 Å². The van der Waals surface area contributed by atoms with E-state index < -0.39 is 18.3 Å². The van der Waals surface area contributed by atoms with Crippen LogP contribution in [0.15, 0.2) is 30.3 Å². The minimum atomic E-state index is -0.658. The van der Waals surface area contributed by atoms with Gasteiger partial charge in [0.25, 0.3) is 0 Å². The second-order valence-electron chi connectivity index (χ2n) is 4.10. The minimum absolute atomic E-state index is 0.233. The third-order valence-electron chi connectivity index (χ3n) is 2.80. The molecule has 1 heterocycles. The Balaban J connectivity index is 1.80. The SMILES string of the molecule is N#CC1COC(OCc2ccccc2)CC1O. The van der Waals surface area contributed by atoms with E-state index in [1.807, 2.05) is 36.4 Å². The molecule has 1 aromatic carbocycles. The molecule has 0 radical (unpaired) electrons. The molecule has 1 aromatic rings. The molecular formula is C13H15NO3. The number of nitriles is 1. The average Bonchev–Trinajstić information content (AvgIpc) is 2.38. The number of aliphatic hydroxyl groups is 1. The topological polar surface area (TPSA) is 62.5 Å². The third kappa shape index (κ3) is 3.27. The number of rotatable bonds is 3. The normalized spacial score (nSPS) is 28.6. The molecule has 3 atom stereocenters. The molecule has 1 aliphatic rings. The Morgan fingerprint density at radius 1 is 1.41 bits per heavy atom. The first kappa shape index (κ1) is 12.1. The lowest BCUT2D eigenvalue weighted by molar-refractivity contribution is -0.200. The van der Waals surface area contributed by atoms with Crippen LogP contribution in [0.2, 0.25) is 0 Å². The number of hydrogen-bond acceptors (Lipinski definition) is 4. The maximum Gasteiger partial charge on any atom is 0.160 e. The number of hydrogen-bond donors (Lipinski definition) is 1. The molecule has 1 saturated heterocycles. The Bertz CT molecular complexity index is 387. The van der Waals surface area contributed by atoms with Crippen LogP contribution in [0.4, 0.5) is 0 Å². The number of aliphatic hydroxyl groups excluding tert-OH is 1. The van der Waals surface area contributed by atoms with Crippen molar-refractivity contribution in [2.75, 3.05) is 6.61 Å². The van der Waals surface area contributed by atoms with Gasteiger partial charge in [0, 0.05) is 6.42 Å². The number of ether oxygens (including phenoxy) is 2. The van der Waals surface area contributed by atoms with Gasteiger partial charge in [0.2, 0.25) is 0 Å². The molecule has 0 aliphatic carbocycles. The summed E-state index contributed by atoms with van der Waals surface area (Å²) in [4.78, 5) is 0. The summed E-state index contributed by atoms with van der Waals surface area (Å²) in [6.45, 7) is 0.687. The van der Waals surface area contributed by atoms with Crippen molar-refractivity contribution in [2.24, 2.45) is 5.92 Å². The molecule has 90 valence electrons. The summed E-state index contributed by atoms with van der Waals surface area (Å²) in [6, 6.07) is 11.8. The molecule has 3 unspecified atom stereocenters. The van der Waals surface area contributed by atoms with Crippen molar-refractivity contribution < 1.29 is 14.6 Å². The van der Waals surface area contributed by atoms with Crippen molar-refractivity contribution in [3.8, 4) is 6.07 Å². The van der Waals surface area contributed by atoms with E-state index >= 15 is 0 Å². The van der Waals surface area contributed by atoms with Crippen LogP contribution in [0, 0.1) is 17.2 Å². The fourth-order valence-corrected chi connectivity index (χ4v) is 1.75. The smallest absolute Gasteiger partial charge is 0.160 e. The molecule has 1 fully saturated rings. The zero-order valence-electron chi connectivity index (χ0n) is 9.45. The van der Waals surface area contributed by atoms with Crippen LogP contribution in [0.25, 0.3) is 0 Å². The van der Waals surface area contributed by atoms with Crippen LogP contribution in [0.3, 0.4) is 0 Å². The summed E-state index contributed by atoms with van der Waals surface area (Å²) in [5, 5.41) is 18.4. The molecule has 0 saturated carbocycles. The van der Waals surface area contributed by atoms with E-state index in [0.29, 0.717) is 13.0 Å². The zero-order valence-corrected chi connectivity index (χ0v) is 9.45. The fraction of sp³-hybridized carbons (Fsp3) is 0.462. The Labute approximate surface area is 100 Å². The Hall–Kier alpha value is -1.41. The van der Waals surface area contributed by atoms with E-state index in [2.05, 4.69) is 0 Å². The van der Waals surface area contributed by atoms with Gasteiger partial charge < -0.3 is 14.6 Å². The van der Waals surface area contributed by atoms with Crippen LogP contribution in [0.5, 0.6) is 0 Å². The maximum atomic E-state index is 9.65.